The van der Waals surface area contributed by atoms with Gasteiger partial charge in [-0.2, -0.15) is 4.31 Å². The maximum Gasteiger partial charge on any atom is 0.248 e. The summed E-state index contributed by atoms with van der Waals surface area (Å²) in [5.41, 5.74) is 3.96. The van der Waals surface area contributed by atoms with Gasteiger partial charge < -0.3 is 9.84 Å². The Balaban J connectivity index is 1.45. The number of piperidine rings is 1. The van der Waals surface area contributed by atoms with Crippen molar-refractivity contribution >= 4 is 45.4 Å². The molecule has 1 aliphatic rings. The van der Waals surface area contributed by atoms with Gasteiger partial charge in [-0.1, -0.05) is 58.7 Å². The predicted octanol–water partition coefficient (Wildman–Crippen LogP) is 5.46. The van der Waals surface area contributed by atoms with E-state index in [1.807, 2.05) is 44.2 Å². The van der Waals surface area contributed by atoms with Crippen LogP contribution in [0.4, 0.5) is 5.69 Å². The number of hydrogen-bond acceptors (Lipinski definition) is 5. The first-order chi connectivity index (χ1) is 16.6. The van der Waals surface area contributed by atoms with Crippen molar-refractivity contribution in [1.82, 2.24) is 9.46 Å². The van der Waals surface area contributed by atoms with Gasteiger partial charge in [-0.15, -0.1) is 0 Å². The van der Waals surface area contributed by atoms with Gasteiger partial charge in [-0.25, -0.2) is 8.42 Å². The fraction of sp³-hybridized carbons (Fsp3) is 0.308. The van der Waals surface area contributed by atoms with Crippen LogP contribution in [0.5, 0.6) is 0 Å². The molecule has 4 rings (SSSR count). The first kappa shape index (κ1) is 25.2. The quantitative estimate of drug-likeness (QED) is 0.472. The molecule has 1 saturated heterocycles. The zero-order chi connectivity index (χ0) is 25.2. The van der Waals surface area contributed by atoms with Crippen LogP contribution in [0.1, 0.15) is 41.0 Å². The fourth-order valence-electron chi connectivity index (χ4n) is 4.10. The molecular weight excluding hydrogens is 486 g/mol. The third-order valence-corrected chi connectivity index (χ3v) is 8.51. The van der Waals surface area contributed by atoms with Crippen LogP contribution in [0.3, 0.4) is 0 Å². The lowest BCUT2D eigenvalue weighted by molar-refractivity contribution is -0.120. The van der Waals surface area contributed by atoms with Gasteiger partial charge in [-0.3, -0.25) is 4.79 Å². The molecule has 1 N–H and O–H groups in total. The topological polar surface area (TPSA) is 92.5 Å². The summed E-state index contributed by atoms with van der Waals surface area (Å²) >= 11 is 6.05. The van der Waals surface area contributed by atoms with Gasteiger partial charge in [0.2, 0.25) is 15.9 Å². The Bertz CT molecular complexity index is 1360. The van der Waals surface area contributed by atoms with E-state index in [9.17, 15) is 13.2 Å². The van der Waals surface area contributed by atoms with E-state index >= 15 is 0 Å². The molecule has 0 atom stereocenters. The van der Waals surface area contributed by atoms with Crippen molar-refractivity contribution in [3.63, 3.8) is 0 Å². The second-order valence-electron chi connectivity index (χ2n) is 8.83. The summed E-state index contributed by atoms with van der Waals surface area (Å²) in [6.45, 7) is 5.99. The van der Waals surface area contributed by atoms with Crippen LogP contribution >= 0.6 is 11.6 Å². The van der Waals surface area contributed by atoms with Gasteiger partial charge in [0.1, 0.15) is 5.69 Å². The van der Waals surface area contributed by atoms with E-state index in [0.717, 1.165) is 16.7 Å². The monoisotopic (exact) mass is 513 g/mol. The van der Waals surface area contributed by atoms with Crippen molar-refractivity contribution in [3.8, 4) is 0 Å². The molecule has 35 heavy (non-hydrogen) atoms. The lowest BCUT2D eigenvalue weighted by Gasteiger charge is -2.30. The smallest absolute Gasteiger partial charge is 0.248 e. The molecule has 0 saturated carbocycles. The Morgan fingerprint density at radius 3 is 2.46 bits per heavy atom. The van der Waals surface area contributed by atoms with E-state index in [1.54, 1.807) is 31.2 Å². The number of benzene rings is 2. The van der Waals surface area contributed by atoms with E-state index in [1.165, 1.54) is 4.31 Å². The standard InChI is InChI=1S/C26H28ClN3O4S/c1-17-4-7-20(8-5-17)9-11-24-25(19(3)29-34-24)35(32,33)30-14-12-21(13-15-30)26(31)28-23-16-22(27)10-6-18(23)2/h4-11,16,21H,12-15H2,1-3H3,(H,28,31)/b11-9+. The lowest BCUT2D eigenvalue weighted by atomic mass is 9.97. The Hall–Kier alpha value is -2.94. The normalized spacial score (nSPS) is 15.5. The van der Waals surface area contributed by atoms with Crippen LogP contribution < -0.4 is 5.32 Å². The van der Waals surface area contributed by atoms with Gasteiger partial charge in [0.05, 0.1) is 0 Å². The van der Waals surface area contributed by atoms with Crippen molar-refractivity contribution in [2.24, 2.45) is 5.92 Å². The minimum Gasteiger partial charge on any atom is -0.355 e. The summed E-state index contributed by atoms with van der Waals surface area (Å²) < 4.78 is 33.7. The van der Waals surface area contributed by atoms with E-state index < -0.39 is 10.0 Å². The third-order valence-electron chi connectivity index (χ3n) is 6.22. The average Bonchev–Trinajstić information content (AvgIpc) is 3.22. The van der Waals surface area contributed by atoms with Crippen molar-refractivity contribution in [3.05, 3.63) is 75.6 Å². The molecule has 1 aliphatic heterocycles. The third kappa shape index (κ3) is 5.66. The summed E-state index contributed by atoms with van der Waals surface area (Å²) in [6, 6.07) is 13.2. The van der Waals surface area contributed by atoms with E-state index in [0.29, 0.717) is 29.2 Å². The Kier molecular flexibility index (Phi) is 7.44. The van der Waals surface area contributed by atoms with Gasteiger partial charge in [-0.05, 0) is 62.9 Å². The lowest BCUT2D eigenvalue weighted by Crippen LogP contribution is -2.41. The molecule has 1 amide bonds. The van der Waals surface area contributed by atoms with Crippen LogP contribution in [0.25, 0.3) is 12.2 Å². The first-order valence-corrected chi connectivity index (χ1v) is 13.2. The largest absolute Gasteiger partial charge is 0.355 e. The number of rotatable bonds is 6. The van der Waals surface area contributed by atoms with Crippen molar-refractivity contribution < 1.29 is 17.7 Å². The van der Waals surface area contributed by atoms with Crippen LogP contribution in [0, 0.1) is 26.7 Å². The fourth-order valence-corrected chi connectivity index (χ4v) is 5.99. The molecule has 1 fully saturated rings. The molecule has 3 aromatic rings. The highest BCUT2D eigenvalue weighted by atomic mass is 35.5. The molecule has 1 aromatic heterocycles. The van der Waals surface area contributed by atoms with Crippen molar-refractivity contribution in [1.29, 1.82) is 0 Å². The van der Waals surface area contributed by atoms with Crippen molar-refractivity contribution in [2.75, 3.05) is 18.4 Å². The Labute approximate surface area is 210 Å². The first-order valence-electron chi connectivity index (χ1n) is 11.4. The number of aromatic nitrogens is 1. The second-order valence-corrected chi connectivity index (χ2v) is 11.1. The molecule has 2 aromatic carbocycles. The van der Waals surface area contributed by atoms with Gasteiger partial charge in [0, 0.05) is 29.7 Å². The molecule has 2 heterocycles. The number of anilines is 1. The number of sulfonamides is 1. The number of nitrogens with one attached hydrogen (secondary N) is 1. The Morgan fingerprint density at radius 1 is 1.09 bits per heavy atom. The van der Waals surface area contributed by atoms with Gasteiger partial charge in [0.25, 0.3) is 0 Å². The zero-order valence-corrected chi connectivity index (χ0v) is 21.5. The number of hydrogen-bond donors (Lipinski definition) is 1. The number of carbonyl (C=O) groups excluding carboxylic acids is 1. The van der Waals surface area contributed by atoms with E-state index in [-0.39, 0.29) is 35.6 Å². The molecule has 0 unspecified atom stereocenters. The molecular formula is C26H28ClN3O4S. The van der Waals surface area contributed by atoms with Gasteiger partial charge in [0.15, 0.2) is 10.7 Å². The van der Waals surface area contributed by atoms with Crippen LogP contribution in [0.15, 0.2) is 51.9 Å². The number of halogens is 1. The molecule has 9 heteroatoms. The molecule has 0 spiro atoms. The second kappa shape index (κ2) is 10.4. The number of nitrogens with zero attached hydrogens (tertiary/aromatic N) is 2. The summed E-state index contributed by atoms with van der Waals surface area (Å²) in [5, 5.41) is 7.38. The van der Waals surface area contributed by atoms with Crippen LogP contribution in [-0.4, -0.2) is 36.9 Å². The maximum atomic E-state index is 13.5. The summed E-state index contributed by atoms with van der Waals surface area (Å²) in [7, 11) is -3.83. The summed E-state index contributed by atoms with van der Waals surface area (Å²) in [6.07, 6.45) is 4.27. The minimum atomic E-state index is -3.83. The minimum absolute atomic E-state index is 0.0679. The number of amides is 1. The molecule has 184 valence electrons. The van der Waals surface area contributed by atoms with Crippen molar-refractivity contribution in [2.45, 2.75) is 38.5 Å². The van der Waals surface area contributed by atoms with Crippen LogP contribution in [-0.2, 0) is 14.8 Å². The maximum absolute atomic E-state index is 13.5. The number of aryl methyl sites for hydroxylation is 3. The van der Waals surface area contributed by atoms with E-state index in [2.05, 4.69) is 10.5 Å². The molecule has 0 bridgehead atoms. The highest BCUT2D eigenvalue weighted by Crippen LogP contribution is 2.30. The van der Waals surface area contributed by atoms with Gasteiger partial charge >= 0.3 is 0 Å². The Morgan fingerprint density at radius 2 is 1.77 bits per heavy atom. The highest BCUT2D eigenvalue weighted by molar-refractivity contribution is 7.89. The van der Waals surface area contributed by atoms with Crippen LogP contribution in [0.2, 0.25) is 5.02 Å². The SMILES string of the molecule is Cc1ccc(/C=C/c2onc(C)c2S(=O)(=O)N2CCC(C(=O)Nc3cc(Cl)ccc3C)CC2)cc1. The predicted molar refractivity (Wildman–Crippen MR) is 138 cm³/mol. The number of carbonyl (C=O) groups is 1. The summed E-state index contributed by atoms with van der Waals surface area (Å²) in [4.78, 5) is 12.9. The molecule has 7 nitrogen and oxygen atoms in total. The average molecular weight is 514 g/mol. The molecule has 0 radical (unpaired) electrons. The van der Waals surface area contributed by atoms with E-state index in [4.69, 9.17) is 16.1 Å². The zero-order valence-electron chi connectivity index (χ0n) is 19.9. The molecule has 0 aliphatic carbocycles. The highest BCUT2D eigenvalue weighted by Gasteiger charge is 2.36. The summed E-state index contributed by atoms with van der Waals surface area (Å²) in [5.74, 6) is -0.223.